The third-order valence-electron chi connectivity index (χ3n) is 2.08. The number of allylic oxidation sites excluding steroid dienone is 1. The minimum Gasteiger partial charge on any atom is -0.293 e. The molecule has 0 aliphatic carbocycles. The van der Waals surface area contributed by atoms with Gasteiger partial charge >= 0.3 is 0 Å². The van der Waals surface area contributed by atoms with Crippen LogP contribution in [0, 0.1) is 16.7 Å². The van der Waals surface area contributed by atoms with E-state index in [0.29, 0.717) is 0 Å². The van der Waals surface area contributed by atoms with Gasteiger partial charge in [0.15, 0.2) is 5.78 Å². The maximum absolute atomic E-state index is 11.9. The van der Waals surface area contributed by atoms with Crippen LogP contribution < -0.4 is 0 Å². The van der Waals surface area contributed by atoms with E-state index in [9.17, 15) is 4.79 Å². The van der Waals surface area contributed by atoms with Gasteiger partial charge in [0.1, 0.15) is 6.07 Å². The Morgan fingerprint density at radius 1 is 1.56 bits per heavy atom. The average Bonchev–Trinajstić information content (AvgIpc) is 2.58. The standard InChI is InChI=1S/C12H15N3O/c1-12(2,3)11(16)10(6-13)5-9-7-14-15(4)8-9/h5,7-8H,1-4H3. The van der Waals surface area contributed by atoms with Gasteiger partial charge in [-0.1, -0.05) is 20.8 Å². The Hall–Kier alpha value is -1.89. The predicted molar refractivity (Wildman–Crippen MR) is 61.3 cm³/mol. The SMILES string of the molecule is Cn1cc(C=C(C#N)C(=O)C(C)(C)C)cn1. The number of nitriles is 1. The molecule has 0 saturated carbocycles. The van der Waals surface area contributed by atoms with Gasteiger partial charge in [0.05, 0.1) is 11.8 Å². The Kier molecular flexibility index (Phi) is 3.28. The minimum atomic E-state index is -0.538. The topological polar surface area (TPSA) is 58.7 Å². The molecular weight excluding hydrogens is 202 g/mol. The lowest BCUT2D eigenvalue weighted by Gasteiger charge is -2.15. The number of aryl methyl sites for hydroxylation is 1. The van der Waals surface area contributed by atoms with E-state index in [4.69, 9.17) is 5.26 Å². The van der Waals surface area contributed by atoms with E-state index in [2.05, 4.69) is 5.10 Å². The van der Waals surface area contributed by atoms with E-state index < -0.39 is 5.41 Å². The first kappa shape index (κ1) is 12.2. The summed E-state index contributed by atoms with van der Waals surface area (Å²) in [6.07, 6.45) is 4.95. The second-order valence-electron chi connectivity index (χ2n) is 4.70. The van der Waals surface area contributed by atoms with Crippen molar-refractivity contribution in [3.63, 3.8) is 0 Å². The average molecular weight is 217 g/mol. The molecule has 0 bridgehead atoms. The Balaban J connectivity index is 3.05. The van der Waals surface area contributed by atoms with Crippen LogP contribution in [0.5, 0.6) is 0 Å². The van der Waals surface area contributed by atoms with Gasteiger partial charge in [-0.2, -0.15) is 10.4 Å². The molecule has 0 aromatic carbocycles. The molecule has 84 valence electrons. The van der Waals surface area contributed by atoms with Crippen molar-refractivity contribution in [2.24, 2.45) is 12.5 Å². The van der Waals surface area contributed by atoms with Crippen molar-refractivity contribution >= 4 is 11.9 Å². The molecule has 4 heteroatoms. The summed E-state index contributed by atoms with van der Waals surface area (Å²) in [7, 11) is 1.79. The number of aromatic nitrogens is 2. The summed E-state index contributed by atoms with van der Waals surface area (Å²) in [5.74, 6) is -0.154. The molecule has 0 saturated heterocycles. The zero-order valence-corrected chi connectivity index (χ0v) is 9.98. The van der Waals surface area contributed by atoms with Crippen molar-refractivity contribution in [2.75, 3.05) is 0 Å². The van der Waals surface area contributed by atoms with Gasteiger partial charge in [-0.15, -0.1) is 0 Å². The van der Waals surface area contributed by atoms with Crippen LogP contribution in [0.25, 0.3) is 6.08 Å². The molecule has 1 rings (SSSR count). The molecule has 0 unspecified atom stereocenters. The summed E-state index contributed by atoms with van der Waals surface area (Å²) in [4.78, 5) is 11.9. The number of hydrogen-bond donors (Lipinski definition) is 0. The monoisotopic (exact) mass is 217 g/mol. The number of nitrogens with zero attached hydrogens (tertiary/aromatic N) is 3. The fourth-order valence-corrected chi connectivity index (χ4v) is 1.23. The van der Waals surface area contributed by atoms with Crippen LogP contribution in [-0.4, -0.2) is 15.6 Å². The van der Waals surface area contributed by atoms with Crippen molar-refractivity contribution in [3.8, 4) is 6.07 Å². The van der Waals surface area contributed by atoms with Crippen molar-refractivity contribution < 1.29 is 4.79 Å². The second-order valence-corrected chi connectivity index (χ2v) is 4.70. The second kappa shape index (κ2) is 4.31. The first-order valence-corrected chi connectivity index (χ1v) is 5.00. The van der Waals surface area contributed by atoms with Crippen LogP contribution in [0.15, 0.2) is 18.0 Å². The van der Waals surface area contributed by atoms with E-state index >= 15 is 0 Å². The summed E-state index contributed by atoms with van der Waals surface area (Å²) in [5.41, 5.74) is 0.390. The quantitative estimate of drug-likeness (QED) is 0.562. The molecule has 0 N–H and O–H groups in total. The molecular formula is C12H15N3O. The maximum Gasteiger partial charge on any atom is 0.178 e. The van der Waals surface area contributed by atoms with Crippen LogP contribution >= 0.6 is 0 Å². The first-order valence-electron chi connectivity index (χ1n) is 5.00. The van der Waals surface area contributed by atoms with Gasteiger partial charge in [0, 0.05) is 24.2 Å². The summed E-state index contributed by atoms with van der Waals surface area (Å²) >= 11 is 0. The van der Waals surface area contributed by atoms with Crippen LogP contribution in [-0.2, 0) is 11.8 Å². The number of carbonyl (C=O) groups excluding carboxylic acids is 1. The van der Waals surface area contributed by atoms with Gasteiger partial charge in [0.25, 0.3) is 0 Å². The molecule has 0 atom stereocenters. The first-order chi connectivity index (χ1) is 7.34. The lowest BCUT2D eigenvalue weighted by atomic mass is 9.86. The third-order valence-corrected chi connectivity index (χ3v) is 2.08. The highest BCUT2D eigenvalue weighted by Crippen LogP contribution is 2.20. The molecule has 1 aromatic rings. The molecule has 0 radical (unpaired) electrons. The molecule has 0 amide bonds. The van der Waals surface area contributed by atoms with Crippen molar-refractivity contribution in [1.29, 1.82) is 5.26 Å². The molecule has 1 heterocycles. The molecule has 0 aliphatic heterocycles. The molecule has 0 spiro atoms. The zero-order chi connectivity index (χ0) is 12.3. The fourth-order valence-electron chi connectivity index (χ4n) is 1.23. The lowest BCUT2D eigenvalue weighted by Crippen LogP contribution is -2.21. The van der Waals surface area contributed by atoms with E-state index in [-0.39, 0.29) is 11.4 Å². The fraction of sp³-hybridized carbons (Fsp3) is 0.417. The van der Waals surface area contributed by atoms with Crippen LogP contribution in [0.4, 0.5) is 0 Å². The highest BCUT2D eigenvalue weighted by Gasteiger charge is 2.24. The molecule has 0 aliphatic rings. The number of hydrogen-bond acceptors (Lipinski definition) is 3. The van der Waals surface area contributed by atoms with Crippen molar-refractivity contribution in [3.05, 3.63) is 23.5 Å². The number of carbonyl (C=O) groups is 1. The number of ketones is 1. The number of Topliss-reactive ketones (excluding diaryl/α,β-unsaturated/α-hetero) is 1. The molecule has 4 nitrogen and oxygen atoms in total. The summed E-state index contributed by atoms with van der Waals surface area (Å²) in [6.45, 7) is 5.39. The Morgan fingerprint density at radius 2 is 2.19 bits per heavy atom. The highest BCUT2D eigenvalue weighted by atomic mass is 16.1. The van der Waals surface area contributed by atoms with Crippen LogP contribution in [0.3, 0.4) is 0 Å². The maximum atomic E-state index is 11.9. The Bertz CT molecular complexity index is 469. The molecule has 0 fully saturated rings. The molecule has 1 aromatic heterocycles. The Labute approximate surface area is 95.2 Å². The van der Waals surface area contributed by atoms with Gasteiger partial charge in [-0.05, 0) is 6.08 Å². The van der Waals surface area contributed by atoms with Gasteiger partial charge in [-0.3, -0.25) is 9.48 Å². The summed E-state index contributed by atoms with van der Waals surface area (Å²) in [5, 5.41) is 12.9. The molecule has 16 heavy (non-hydrogen) atoms. The van der Waals surface area contributed by atoms with E-state index in [1.807, 2.05) is 6.07 Å². The number of rotatable bonds is 2. The lowest BCUT2D eigenvalue weighted by molar-refractivity contribution is -0.121. The summed E-state index contributed by atoms with van der Waals surface area (Å²) < 4.78 is 1.63. The minimum absolute atomic E-state index is 0.154. The highest BCUT2D eigenvalue weighted by molar-refractivity contribution is 6.06. The largest absolute Gasteiger partial charge is 0.293 e. The van der Waals surface area contributed by atoms with Crippen molar-refractivity contribution in [1.82, 2.24) is 9.78 Å². The van der Waals surface area contributed by atoms with Gasteiger partial charge < -0.3 is 0 Å². The normalized spacial score (nSPS) is 12.3. The van der Waals surface area contributed by atoms with Gasteiger partial charge in [-0.25, -0.2) is 0 Å². The van der Waals surface area contributed by atoms with Crippen LogP contribution in [0.2, 0.25) is 0 Å². The predicted octanol–water partition coefficient (Wildman–Crippen LogP) is 1.94. The summed E-state index contributed by atoms with van der Waals surface area (Å²) in [6, 6.07) is 1.94. The smallest absolute Gasteiger partial charge is 0.178 e. The third kappa shape index (κ3) is 2.80. The van der Waals surface area contributed by atoms with E-state index in [1.165, 1.54) is 0 Å². The van der Waals surface area contributed by atoms with Crippen molar-refractivity contribution in [2.45, 2.75) is 20.8 Å². The van der Waals surface area contributed by atoms with Gasteiger partial charge in [0.2, 0.25) is 0 Å². The van der Waals surface area contributed by atoms with E-state index in [0.717, 1.165) is 5.56 Å². The van der Waals surface area contributed by atoms with Crippen LogP contribution in [0.1, 0.15) is 26.3 Å². The zero-order valence-electron chi connectivity index (χ0n) is 9.98. The van der Waals surface area contributed by atoms with E-state index in [1.54, 1.807) is 51.0 Å². The Morgan fingerprint density at radius 3 is 2.56 bits per heavy atom.